The highest BCUT2D eigenvalue weighted by Gasteiger charge is 2.44. The third-order valence-corrected chi connectivity index (χ3v) is 12.7. The molecule has 2 atom stereocenters. The molecule has 16 nitrogen and oxygen atoms in total. The first-order valence-corrected chi connectivity index (χ1v) is 22.5. The fourth-order valence-electron chi connectivity index (χ4n) is 9.14. The van der Waals surface area contributed by atoms with Crippen molar-refractivity contribution in [2.75, 3.05) is 102 Å². The maximum atomic E-state index is 13.2. The van der Waals surface area contributed by atoms with Crippen LogP contribution in [0.15, 0.2) is 85.1 Å². The number of aliphatic hydroxyl groups excluding tert-OH is 1. The number of fused-ring (bicyclic) bond motifs is 8. The van der Waals surface area contributed by atoms with Gasteiger partial charge in [0.1, 0.15) is 18.4 Å². The van der Waals surface area contributed by atoms with E-state index in [0.29, 0.717) is 50.1 Å². The number of carbonyl (C=O) groups is 3. The highest BCUT2D eigenvalue weighted by molar-refractivity contribution is 6.06. The lowest BCUT2D eigenvalue weighted by Gasteiger charge is -2.37. The number of amides is 3. The number of hydrogen-bond acceptors (Lipinski definition) is 14. The predicted molar refractivity (Wildman–Crippen MR) is 241 cm³/mol. The van der Waals surface area contributed by atoms with Crippen molar-refractivity contribution in [3.63, 3.8) is 0 Å². The number of aliphatic hydroxyl groups is 1. The number of benzene rings is 3. The van der Waals surface area contributed by atoms with Crippen molar-refractivity contribution in [3.8, 4) is 17.0 Å². The Labute approximate surface area is 373 Å². The summed E-state index contributed by atoms with van der Waals surface area (Å²) in [4.78, 5) is 57.7. The molecule has 5 aliphatic rings. The van der Waals surface area contributed by atoms with Crippen LogP contribution < -0.4 is 20.3 Å². The van der Waals surface area contributed by atoms with Gasteiger partial charge in [-0.3, -0.25) is 34.4 Å². The molecule has 0 radical (unpaired) electrons. The lowest BCUT2D eigenvalue weighted by Crippen LogP contribution is -2.53. The van der Waals surface area contributed by atoms with Gasteiger partial charge in [-0.25, -0.2) is 9.97 Å². The maximum absolute atomic E-state index is 13.2. The Hall–Kier alpha value is -5.75. The van der Waals surface area contributed by atoms with Crippen LogP contribution in [0.2, 0.25) is 0 Å². The van der Waals surface area contributed by atoms with E-state index in [4.69, 9.17) is 19.2 Å². The quantitative estimate of drug-likeness (QED) is 0.155. The molecule has 3 amide bonds. The van der Waals surface area contributed by atoms with E-state index in [0.717, 1.165) is 118 Å². The van der Waals surface area contributed by atoms with Crippen LogP contribution in [-0.4, -0.2) is 150 Å². The molecule has 6 bridgehead atoms. The van der Waals surface area contributed by atoms with Crippen molar-refractivity contribution < 1.29 is 33.7 Å². The summed E-state index contributed by atoms with van der Waals surface area (Å²) in [6, 6.07) is 20.9. The highest BCUT2D eigenvalue weighted by atomic mass is 16.5. The Morgan fingerprint density at radius 1 is 0.781 bits per heavy atom. The van der Waals surface area contributed by atoms with Crippen molar-refractivity contribution in [2.45, 2.75) is 44.7 Å². The van der Waals surface area contributed by atoms with Crippen LogP contribution >= 0.6 is 0 Å². The predicted octanol–water partition coefficient (Wildman–Crippen LogP) is 3.95. The van der Waals surface area contributed by atoms with Crippen LogP contribution in [0.25, 0.3) is 11.3 Å². The number of piperidine rings is 1. The Bertz CT molecular complexity index is 2330. The molecule has 1 aromatic heterocycles. The zero-order chi connectivity index (χ0) is 43.8. The number of imide groups is 1. The number of nitrogens with zero attached hydrogens (tertiary/aromatic N) is 7. The normalized spacial score (nSPS) is 22.0. The number of anilines is 3. The molecule has 336 valence electrons. The number of aromatic nitrogens is 2. The Balaban J connectivity index is 0.701. The molecule has 3 saturated heterocycles. The zero-order valence-electron chi connectivity index (χ0n) is 36.2. The van der Waals surface area contributed by atoms with Crippen molar-refractivity contribution in [3.05, 3.63) is 107 Å². The summed E-state index contributed by atoms with van der Waals surface area (Å²) < 4.78 is 18.3. The molecule has 6 heterocycles. The monoisotopic (exact) mass is 871 g/mol. The number of nitrogens with one attached hydrogen (secondary N) is 2. The molecule has 9 rings (SSSR count). The van der Waals surface area contributed by atoms with Crippen LogP contribution in [0, 0.1) is 0 Å². The van der Waals surface area contributed by atoms with Gasteiger partial charge in [0.05, 0.1) is 32.1 Å². The fraction of sp³-hybridized carbons (Fsp3) is 0.438. The number of piperazine rings is 2. The molecule has 3 N–H and O–H groups in total. The third kappa shape index (κ3) is 10.4. The first-order valence-electron chi connectivity index (χ1n) is 22.5. The van der Waals surface area contributed by atoms with E-state index in [9.17, 15) is 19.5 Å². The van der Waals surface area contributed by atoms with E-state index in [1.165, 1.54) is 4.90 Å². The second-order valence-corrected chi connectivity index (χ2v) is 17.0. The fourth-order valence-corrected chi connectivity index (χ4v) is 9.14. The van der Waals surface area contributed by atoms with Gasteiger partial charge in [-0.15, -0.1) is 0 Å². The minimum absolute atomic E-state index is 0.140. The van der Waals surface area contributed by atoms with E-state index in [2.05, 4.69) is 47.3 Å². The van der Waals surface area contributed by atoms with Gasteiger partial charge in [-0.2, -0.15) is 0 Å². The maximum Gasteiger partial charge on any atom is 0.257 e. The summed E-state index contributed by atoms with van der Waals surface area (Å²) in [5, 5.41) is 16.8. The van der Waals surface area contributed by atoms with Crippen molar-refractivity contribution in [1.29, 1.82) is 0 Å². The molecular weight excluding hydrogens is 815 g/mol. The highest BCUT2D eigenvalue weighted by Crippen LogP contribution is 2.37. The van der Waals surface area contributed by atoms with Crippen molar-refractivity contribution in [2.24, 2.45) is 0 Å². The average molecular weight is 872 g/mol. The Morgan fingerprint density at radius 2 is 1.53 bits per heavy atom. The van der Waals surface area contributed by atoms with E-state index in [1.54, 1.807) is 12.3 Å². The SMILES string of the molecule is O=C1CCC(N2C(=O)c3ccc(N4CCN(CCCN5CCN(CCOc6ccc7cc6COC/C=C/COCc6cccc(c6)-c6ccnc(n6)N7)CC5)CC4)cc3C2O)C(=O)N1. The largest absolute Gasteiger partial charge is 0.492 e. The lowest BCUT2D eigenvalue weighted by molar-refractivity contribution is -0.139. The molecule has 64 heavy (non-hydrogen) atoms. The van der Waals surface area contributed by atoms with Gasteiger partial charge in [-0.05, 0) is 80.0 Å². The van der Waals surface area contributed by atoms with Gasteiger partial charge >= 0.3 is 0 Å². The summed E-state index contributed by atoms with van der Waals surface area (Å²) >= 11 is 0. The zero-order valence-corrected chi connectivity index (χ0v) is 36.2. The second kappa shape index (κ2) is 20.4. The van der Waals surface area contributed by atoms with Crippen molar-refractivity contribution >= 4 is 35.0 Å². The van der Waals surface area contributed by atoms with Gasteiger partial charge in [0, 0.05) is 105 Å². The van der Waals surface area contributed by atoms with Crippen molar-refractivity contribution in [1.82, 2.24) is 34.9 Å². The summed E-state index contributed by atoms with van der Waals surface area (Å²) in [6.07, 6.45) is 5.97. The minimum atomic E-state index is -1.22. The summed E-state index contributed by atoms with van der Waals surface area (Å²) in [7, 11) is 0. The molecule has 0 spiro atoms. The van der Waals surface area contributed by atoms with E-state index in [-0.39, 0.29) is 24.7 Å². The molecule has 5 aliphatic heterocycles. The third-order valence-electron chi connectivity index (χ3n) is 12.7. The molecule has 3 fully saturated rings. The van der Waals surface area contributed by atoms with Crippen LogP contribution in [0.1, 0.15) is 52.5 Å². The Kier molecular flexibility index (Phi) is 13.9. The molecule has 2 unspecified atom stereocenters. The molecule has 3 aromatic carbocycles. The smallest absolute Gasteiger partial charge is 0.257 e. The topological polar surface area (TPSA) is 165 Å². The first-order chi connectivity index (χ1) is 31.3. The van der Waals surface area contributed by atoms with Gasteiger partial charge in [0.15, 0.2) is 6.23 Å². The molecule has 0 aliphatic carbocycles. The molecule has 4 aromatic rings. The van der Waals surface area contributed by atoms with E-state index < -0.39 is 18.2 Å². The summed E-state index contributed by atoms with van der Waals surface area (Å²) in [5.74, 6) is 0.0446. The lowest BCUT2D eigenvalue weighted by atomic mass is 10.0. The number of rotatable bonds is 10. The summed E-state index contributed by atoms with van der Waals surface area (Å²) in [5.41, 5.74) is 6.61. The van der Waals surface area contributed by atoms with Crippen LogP contribution in [0.3, 0.4) is 0 Å². The van der Waals surface area contributed by atoms with Gasteiger partial charge in [-0.1, -0.05) is 30.4 Å². The Morgan fingerprint density at radius 3 is 2.31 bits per heavy atom. The van der Waals surface area contributed by atoms with Crippen LogP contribution in [0.4, 0.5) is 17.3 Å². The second-order valence-electron chi connectivity index (χ2n) is 17.0. The molecular formula is C48H57N9O7. The molecule has 16 heteroatoms. The number of hydrogen-bond donors (Lipinski definition) is 3. The van der Waals surface area contributed by atoms with Crippen LogP contribution in [0.5, 0.6) is 5.75 Å². The average Bonchev–Trinajstić information content (AvgIpc) is 3.56. The van der Waals surface area contributed by atoms with Crippen LogP contribution in [-0.2, 0) is 32.3 Å². The number of carbonyl (C=O) groups excluding carboxylic acids is 3. The molecule has 0 saturated carbocycles. The van der Waals surface area contributed by atoms with Gasteiger partial charge in [0.2, 0.25) is 17.8 Å². The standard InChI is InChI=1S/C48H57N9O7/c58-44-12-10-42(45(59)52-44)57-46(60)39-9-8-38(31-40(39)47(57)61)56-23-21-54(22-24-56)16-4-15-53-17-19-55(20-18-53)25-28-64-43-11-7-37-30-36(43)33-63-27-2-1-26-62-32-34-5-3-6-35(29-34)41-13-14-49-48(50-37)51-41/h1-3,5-9,11,13-14,29-31,42,47,61H,4,10,12,15-28,32-33H2,(H,49,50,51)(H,52,58,59)/b2-1+. The van der Waals surface area contributed by atoms with E-state index in [1.807, 2.05) is 60.7 Å². The minimum Gasteiger partial charge on any atom is -0.492 e. The summed E-state index contributed by atoms with van der Waals surface area (Å²) in [6.45, 7) is 13.1. The van der Waals surface area contributed by atoms with Gasteiger partial charge < -0.3 is 34.4 Å². The van der Waals surface area contributed by atoms with Gasteiger partial charge in [0.25, 0.3) is 5.91 Å². The number of ether oxygens (including phenoxy) is 3. The first kappa shape index (κ1) is 43.5. The van der Waals surface area contributed by atoms with E-state index >= 15 is 0 Å².